The quantitative estimate of drug-likeness (QED) is 0.801. The number of anilines is 1. The van der Waals surface area contributed by atoms with Crippen LogP contribution in [0.3, 0.4) is 0 Å². The number of fused-ring (bicyclic) bond motifs is 1. The molecule has 1 heterocycles. The van der Waals surface area contributed by atoms with E-state index in [4.69, 9.17) is 21.1 Å². The van der Waals surface area contributed by atoms with Gasteiger partial charge in [-0.1, -0.05) is 23.7 Å². The molecule has 0 saturated carbocycles. The first-order chi connectivity index (χ1) is 11.6. The van der Waals surface area contributed by atoms with Crippen LogP contribution in [0.15, 0.2) is 48.5 Å². The van der Waals surface area contributed by atoms with Crippen LogP contribution in [0.2, 0.25) is 5.02 Å². The molecule has 0 spiro atoms. The molecule has 5 nitrogen and oxygen atoms in total. The Bertz CT molecular complexity index is 760. The maximum atomic E-state index is 13.0. The van der Waals surface area contributed by atoms with Crippen molar-refractivity contribution in [2.45, 2.75) is 12.5 Å². The third kappa shape index (κ3) is 3.21. The lowest BCUT2D eigenvalue weighted by Gasteiger charge is -2.36. The predicted octanol–water partition coefficient (Wildman–Crippen LogP) is 3.31. The van der Waals surface area contributed by atoms with Crippen molar-refractivity contribution in [3.63, 3.8) is 0 Å². The summed E-state index contributed by atoms with van der Waals surface area (Å²) in [5.74, 6) is 0.00846. The molecule has 24 heavy (non-hydrogen) atoms. The third-order valence-electron chi connectivity index (χ3n) is 3.86. The molecular formula is C18H16ClNO4. The minimum absolute atomic E-state index is 0.0597. The van der Waals surface area contributed by atoms with Gasteiger partial charge in [-0.15, -0.1) is 0 Å². The Balaban J connectivity index is 1.99. The van der Waals surface area contributed by atoms with Crippen LogP contribution >= 0.6 is 11.6 Å². The van der Waals surface area contributed by atoms with Crippen LogP contribution in [0.4, 0.5) is 5.69 Å². The second-order valence-corrected chi connectivity index (χ2v) is 5.83. The molecule has 6 heteroatoms. The van der Waals surface area contributed by atoms with Crippen molar-refractivity contribution in [1.82, 2.24) is 0 Å². The molecular weight excluding hydrogens is 330 g/mol. The van der Waals surface area contributed by atoms with E-state index in [1.165, 1.54) is 7.11 Å². The smallest absolute Gasteiger partial charge is 0.307 e. The number of rotatable bonds is 3. The van der Waals surface area contributed by atoms with Gasteiger partial charge in [0.05, 0.1) is 25.3 Å². The van der Waals surface area contributed by atoms with Crippen LogP contribution in [0.5, 0.6) is 5.75 Å². The molecule has 2 aromatic carbocycles. The monoisotopic (exact) mass is 345 g/mol. The maximum absolute atomic E-state index is 13.0. The average Bonchev–Trinajstić information content (AvgIpc) is 2.61. The van der Waals surface area contributed by atoms with E-state index in [0.717, 1.165) is 0 Å². The van der Waals surface area contributed by atoms with E-state index in [1.54, 1.807) is 41.3 Å². The highest BCUT2D eigenvalue weighted by Crippen LogP contribution is 2.35. The highest BCUT2D eigenvalue weighted by Gasteiger charge is 2.34. The number of benzene rings is 2. The molecule has 0 saturated heterocycles. The topological polar surface area (TPSA) is 55.8 Å². The van der Waals surface area contributed by atoms with Crippen molar-refractivity contribution in [2.75, 3.05) is 18.6 Å². The summed E-state index contributed by atoms with van der Waals surface area (Å²) in [5, 5.41) is 0.556. The number of hydrogen-bond acceptors (Lipinski definition) is 4. The largest absolute Gasteiger partial charge is 0.489 e. The van der Waals surface area contributed by atoms with Crippen LogP contribution in [0, 0.1) is 0 Å². The molecule has 124 valence electrons. The summed E-state index contributed by atoms with van der Waals surface area (Å²) < 4.78 is 10.4. The Hall–Kier alpha value is -2.53. The van der Waals surface area contributed by atoms with Crippen molar-refractivity contribution in [3.8, 4) is 5.75 Å². The number of methoxy groups -OCH3 is 1. The molecule has 1 aliphatic heterocycles. The summed E-state index contributed by atoms with van der Waals surface area (Å²) in [7, 11) is 1.32. The first kappa shape index (κ1) is 16.3. The molecule has 0 radical (unpaired) electrons. The SMILES string of the molecule is COC(=O)C[C@H]1COc2ccccc2N1C(=O)c1ccc(Cl)cc1. The molecule has 0 fully saturated rings. The van der Waals surface area contributed by atoms with Gasteiger partial charge in [0.1, 0.15) is 12.4 Å². The fourth-order valence-corrected chi connectivity index (χ4v) is 2.79. The summed E-state index contributed by atoms with van der Waals surface area (Å²) >= 11 is 5.89. The van der Waals surface area contributed by atoms with E-state index in [9.17, 15) is 9.59 Å². The zero-order valence-corrected chi connectivity index (χ0v) is 13.8. The summed E-state index contributed by atoms with van der Waals surface area (Å²) in [6, 6.07) is 13.5. The van der Waals surface area contributed by atoms with Gasteiger partial charge in [-0.05, 0) is 36.4 Å². The lowest BCUT2D eigenvalue weighted by atomic mass is 10.1. The van der Waals surface area contributed by atoms with Gasteiger partial charge in [0.2, 0.25) is 0 Å². The second kappa shape index (κ2) is 6.93. The zero-order chi connectivity index (χ0) is 17.1. The number of esters is 1. The molecule has 1 aliphatic rings. The van der Waals surface area contributed by atoms with Crippen molar-refractivity contribution in [2.24, 2.45) is 0 Å². The van der Waals surface area contributed by atoms with E-state index in [0.29, 0.717) is 22.0 Å². The molecule has 3 rings (SSSR count). The predicted molar refractivity (Wildman–Crippen MR) is 90.6 cm³/mol. The molecule has 2 aromatic rings. The maximum Gasteiger partial charge on any atom is 0.307 e. The normalized spacial score (nSPS) is 16.1. The van der Waals surface area contributed by atoms with Gasteiger partial charge < -0.3 is 9.47 Å². The Labute approximate surface area is 144 Å². The molecule has 0 aliphatic carbocycles. The fourth-order valence-electron chi connectivity index (χ4n) is 2.67. The zero-order valence-electron chi connectivity index (χ0n) is 13.1. The number of amides is 1. The summed E-state index contributed by atoms with van der Waals surface area (Å²) in [4.78, 5) is 26.3. The van der Waals surface area contributed by atoms with Gasteiger partial charge in [-0.25, -0.2) is 0 Å². The Morgan fingerprint density at radius 3 is 2.62 bits per heavy atom. The Kier molecular flexibility index (Phi) is 4.71. The van der Waals surface area contributed by atoms with Crippen LogP contribution in [0.25, 0.3) is 0 Å². The van der Waals surface area contributed by atoms with E-state index in [1.807, 2.05) is 12.1 Å². The number of carbonyl (C=O) groups is 2. The molecule has 1 amide bonds. The van der Waals surface area contributed by atoms with Crippen LogP contribution in [-0.4, -0.2) is 31.6 Å². The number of carbonyl (C=O) groups excluding carboxylic acids is 2. The summed E-state index contributed by atoms with van der Waals surface area (Å²) in [5.41, 5.74) is 1.13. The van der Waals surface area contributed by atoms with Crippen LogP contribution in [0.1, 0.15) is 16.8 Å². The standard InChI is InChI=1S/C18H16ClNO4/c1-23-17(21)10-14-11-24-16-5-3-2-4-15(16)20(14)18(22)12-6-8-13(19)9-7-12/h2-9,14H,10-11H2,1H3/t14-/m0/s1. The van der Waals surface area contributed by atoms with Gasteiger partial charge in [-0.3, -0.25) is 14.5 Å². The van der Waals surface area contributed by atoms with Crippen molar-refractivity contribution in [1.29, 1.82) is 0 Å². The van der Waals surface area contributed by atoms with Gasteiger partial charge in [0.25, 0.3) is 5.91 Å². The third-order valence-corrected chi connectivity index (χ3v) is 4.11. The number of nitrogens with zero attached hydrogens (tertiary/aromatic N) is 1. The highest BCUT2D eigenvalue weighted by atomic mass is 35.5. The van der Waals surface area contributed by atoms with Gasteiger partial charge in [-0.2, -0.15) is 0 Å². The summed E-state index contributed by atoms with van der Waals surface area (Å²) in [6.45, 7) is 0.228. The van der Waals surface area contributed by atoms with Gasteiger partial charge >= 0.3 is 5.97 Å². The molecule has 0 bridgehead atoms. The van der Waals surface area contributed by atoms with Crippen molar-refractivity contribution in [3.05, 3.63) is 59.1 Å². The van der Waals surface area contributed by atoms with Gasteiger partial charge in [0, 0.05) is 10.6 Å². The van der Waals surface area contributed by atoms with E-state index >= 15 is 0 Å². The fraction of sp³-hybridized carbons (Fsp3) is 0.222. The molecule has 1 atom stereocenters. The number of ether oxygens (including phenoxy) is 2. The van der Waals surface area contributed by atoms with E-state index < -0.39 is 12.0 Å². The van der Waals surface area contributed by atoms with E-state index in [-0.39, 0.29) is 18.9 Å². The van der Waals surface area contributed by atoms with Crippen LogP contribution in [-0.2, 0) is 9.53 Å². The first-order valence-electron chi connectivity index (χ1n) is 7.48. The van der Waals surface area contributed by atoms with Gasteiger partial charge in [0.15, 0.2) is 0 Å². The molecule has 0 unspecified atom stereocenters. The lowest BCUT2D eigenvalue weighted by molar-refractivity contribution is -0.141. The van der Waals surface area contributed by atoms with Crippen LogP contribution < -0.4 is 9.64 Å². The number of halogens is 1. The average molecular weight is 346 g/mol. The lowest BCUT2D eigenvalue weighted by Crippen LogP contribution is -2.48. The Morgan fingerprint density at radius 2 is 1.92 bits per heavy atom. The minimum atomic E-state index is -0.435. The molecule has 0 N–H and O–H groups in total. The van der Waals surface area contributed by atoms with Crippen molar-refractivity contribution >= 4 is 29.2 Å². The number of para-hydroxylation sites is 2. The Morgan fingerprint density at radius 1 is 1.21 bits per heavy atom. The number of hydrogen-bond donors (Lipinski definition) is 0. The molecule has 0 aromatic heterocycles. The summed E-state index contributed by atoms with van der Waals surface area (Å²) in [6.07, 6.45) is 0.0597. The van der Waals surface area contributed by atoms with E-state index in [2.05, 4.69) is 0 Å². The second-order valence-electron chi connectivity index (χ2n) is 5.39. The highest BCUT2D eigenvalue weighted by molar-refractivity contribution is 6.30. The first-order valence-corrected chi connectivity index (χ1v) is 7.85. The minimum Gasteiger partial charge on any atom is -0.489 e. The van der Waals surface area contributed by atoms with Crippen molar-refractivity contribution < 1.29 is 19.1 Å².